The fourth-order valence-electron chi connectivity index (χ4n) is 3.50. The summed E-state index contributed by atoms with van der Waals surface area (Å²) in [7, 11) is 1.21. The van der Waals surface area contributed by atoms with Crippen LogP contribution in [0.2, 0.25) is 0 Å². The summed E-state index contributed by atoms with van der Waals surface area (Å²) in [5.41, 5.74) is 5.36. The van der Waals surface area contributed by atoms with E-state index in [9.17, 15) is 19.2 Å². The van der Waals surface area contributed by atoms with Crippen LogP contribution in [0.3, 0.4) is 0 Å². The van der Waals surface area contributed by atoms with Gasteiger partial charge in [0, 0.05) is 19.3 Å². The SMILES string of the molecule is CCCCC(=O)OC(C)C[C@@](N)(Cc1ccc(OC(=O)O[C@@H](C)CC)c(OC(=O)OC(C)CC)c1)C(=O)OC. The van der Waals surface area contributed by atoms with Crippen molar-refractivity contribution >= 4 is 24.2 Å². The summed E-state index contributed by atoms with van der Waals surface area (Å²) in [6.07, 6.45) is -0.566. The van der Waals surface area contributed by atoms with Gasteiger partial charge in [0.05, 0.1) is 7.11 Å². The predicted molar refractivity (Wildman–Crippen MR) is 143 cm³/mol. The Morgan fingerprint density at radius 3 is 1.92 bits per heavy atom. The first-order chi connectivity index (χ1) is 18.4. The molecule has 1 rings (SSSR count). The number of nitrogens with two attached hydrogens (primary N) is 1. The molecule has 1 aromatic carbocycles. The number of hydrogen-bond acceptors (Lipinski definition) is 11. The summed E-state index contributed by atoms with van der Waals surface area (Å²) in [5, 5.41) is 0. The van der Waals surface area contributed by atoms with Crippen molar-refractivity contribution in [1.29, 1.82) is 0 Å². The van der Waals surface area contributed by atoms with E-state index in [1.807, 2.05) is 20.8 Å². The van der Waals surface area contributed by atoms with Crippen LogP contribution in [0.25, 0.3) is 0 Å². The first-order valence-electron chi connectivity index (χ1n) is 13.3. The number of hydrogen-bond donors (Lipinski definition) is 1. The van der Waals surface area contributed by atoms with Gasteiger partial charge in [0.15, 0.2) is 11.5 Å². The van der Waals surface area contributed by atoms with Gasteiger partial charge in [-0.1, -0.05) is 33.3 Å². The molecule has 0 radical (unpaired) electrons. The highest BCUT2D eigenvalue weighted by molar-refractivity contribution is 5.81. The summed E-state index contributed by atoms with van der Waals surface area (Å²) < 4.78 is 31.3. The molecule has 0 saturated carbocycles. The van der Waals surface area contributed by atoms with Crippen molar-refractivity contribution in [2.45, 2.75) is 110 Å². The number of carbonyl (C=O) groups is 4. The second kappa shape index (κ2) is 16.6. The van der Waals surface area contributed by atoms with Gasteiger partial charge in [-0.25, -0.2) is 9.59 Å². The van der Waals surface area contributed by atoms with Crippen molar-refractivity contribution in [1.82, 2.24) is 0 Å². The van der Waals surface area contributed by atoms with Crippen LogP contribution < -0.4 is 15.2 Å². The monoisotopic (exact) mass is 553 g/mol. The van der Waals surface area contributed by atoms with Crippen molar-refractivity contribution in [2.24, 2.45) is 5.73 Å². The Bertz CT molecular complexity index is 966. The Balaban J connectivity index is 3.24. The lowest BCUT2D eigenvalue weighted by Gasteiger charge is -2.29. The van der Waals surface area contributed by atoms with Crippen LogP contribution in [0.1, 0.15) is 85.6 Å². The summed E-state index contributed by atoms with van der Waals surface area (Å²) >= 11 is 0. The Hall–Kier alpha value is -3.34. The van der Waals surface area contributed by atoms with Crippen molar-refractivity contribution < 1.29 is 47.6 Å². The quantitative estimate of drug-likeness (QED) is 0.172. The Labute approximate surface area is 230 Å². The maximum atomic E-state index is 12.7. The van der Waals surface area contributed by atoms with Gasteiger partial charge in [-0.2, -0.15) is 0 Å². The molecule has 0 aliphatic heterocycles. The molecule has 11 nitrogen and oxygen atoms in total. The van der Waals surface area contributed by atoms with E-state index < -0.39 is 36.0 Å². The first kappa shape index (κ1) is 33.7. The molecule has 0 fully saturated rings. The van der Waals surface area contributed by atoms with E-state index in [-0.39, 0.29) is 42.8 Å². The third kappa shape index (κ3) is 11.9. The molecule has 0 aliphatic carbocycles. The summed E-state index contributed by atoms with van der Waals surface area (Å²) in [6, 6.07) is 4.36. The van der Waals surface area contributed by atoms with Crippen molar-refractivity contribution in [2.75, 3.05) is 7.11 Å². The van der Waals surface area contributed by atoms with Crippen LogP contribution in [-0.4, -0.2) is 55.2 Å². The number of esters is 2. The highest BCUT2D eigenvalue weighted by Gasteiger charge is 2.38. The molecule has 2 N–H and O–H groups in total. The number of carbonyl (C=O) groups excluding carboxylic acids is 4. The lowest BCUT2D eigenvalue weighted by atomic mass is 9.86. The van der Waals surface area contributed by atoms with Gasteiger partial charge in [-0.05, 0) is 57.7 Å². The number of rotatable bonds is 15. The highest BCUT2D eigenvalue weighted by Crippen LogP contribution is 2.32. The van der Waals surface area contributed by atoms with Crippen LogP contribution in [-0.2, 0) is 35.0 Å². The summed E-state index contributed by atoms with van der Waals surface area (Å²) in [4.78, 5) is 49.4. The predicted octanol–water partition coefficient (Wildman–Crippen LogP) is 5.24. The molecule has 1 aromatic rings. The number of ether oxygens (including phenoxy) is 6. The topological polar surface area (TPSA) is 150 Å². The highest BCUT2D eigenvalue weighted by atomic mass is 16.7. The minimum Gasteiger partial charge on any atom is -0.468 e. The number of benzene rings is 1. The van der Waals surface area contributed by atoms with Gasteiger partial charge >= 0.3 is 24.2 Å². The van der Waals surface area contributed by atoms with Crippen LogP contribution in [0.4, 0.5) is 9.59 Å². The zero-order valence-corrected chi connectivity index (χ0v) is 24.1. The first-order valence-corrected chi connectivity index (χ1v) is 13.3. The molecular weight excluding hydrogens is 510 g/mol. The lowest BCUT2D eigenvalue weighted by molar-refractivity contribution is -0.155. The Morgan fingerprint density at radius 1 is 0.846 bits per heavy atom. The minimum absolute atomic E-state index is 0.0245. The molecule has 2 unspecified atom stereocenters. The normalized spacial score (nSPS) is 14.7. The van der Waals surface area contributed by atoms with Gasteiger partial charge < -0.3 is 34.2 Å². The average Bonchev–Trinajstić information content (AvgIpc) is 2.87. The van der Waals surface area contributed by atoms with E-state index in [2.05, 4.69) is 0 Å². The Morgan fingerprint density at radius 2 is 1.41 bits per heavy atom. The van der Waals surface area contributed by atoms with E-state index in [1.165, 1.54) is 19.2 Å². The third-order valence-electron chi connectivity index (χ3n) is 5.97. The molecule has 0 aromatic heterocycles. The van der Waals surface area contributed by atoms with Gasteiger partial charge in [-0.3, -0.25) is 9.59 Å². The van der Waals surface area contributed by atoms with E-state index in [4.69, 9.17) is 34.2 Å². The third-order valence-corrected chi connectivity index (χ3v) is 5.97. The van der Waals surface area contributed by atoms with Crippen molar-refractivity contribution in [3.05, 3.63) is 23.8 Å². The van der Waals surface area contributed by atoms with E-state index in [0.29, 0.717) is 24.8 Å². The maximum absolute atomic E-state index is 12.7. The summed E-state index contributed by atoms with van der Waals surface area (Å²) in [6.45, 7) is 10.7. The molecule has 0 saturated heterocycles. The molecule has 0 amide bonds. The molecule has 0 aliphatic rings. The molecule has 0 bridgehead atoms. The molecule has 0 spiro atoms. The van der Waals surface area contributed by atoms with Crippen LogP contribution in [0.5, 0.6) is 11.5 Å². The van der Waals surface area contributed by atoms with Gasteiger partial charge in [0.1, 0.15) is 23.9 Å². The van der Waals surface area contributed by atoms with E-state index >= 15 is 0 Å². The number of unbranched alkanes of at least 4 members (excludes halogenated alkanes) is 1. The van der Waals surface area contributed by atoms with Crippen LogP contribution in [0.15, 0.2) is 18.2 Å². The Kier molecular flexibility index (Phi) is 14.3. The molecular formula is C28H43NO10. The average molecular weight is 554 g/mol. The number of methoxy groups -OCH3 is 1. The molecule has 39 heavy (non-hydrogen) atoms. The fourth-order valence-corrected chi connectivity index (χ4v) is 3.50. The largest absolute Gasteiger partial charge is 0.514 e. The van der Waals surface area contributed by atoms with Crippen LogP contribution >= 0.6 is 0 Å². The van der Waals surface area contributed by atoms with E-state index in [0.717, 1.165) is 6.42 Å². The second-order valence-corrected chi connectivity index (χ2v) is 9.59. The second-order valence-electron chi connectivity index (χ2n) is 9.59. The zero-order valence-electron chi connectivity index (χ0n) is 24.1. The molecule has 11 heteroatoms. The molecule has 0 heterocycles. The van der Waals surface area contributed by atoms with E-state index in [1.54, 1.807) is 26.8 Å². The minimum atomic E-state index is -1.58. The van der Waals surface area contributed by atoms with Crippen molar-refractivity contribution in [3.63, 3.8) is 0 Å². The molecule has 4 atom stereocenters. The standard InChI is InChI=1S/C28H43NO10/c1-8-11-12-24(30)35-20(6)16-28(29,25(31)34-7)17-21-13-14-22(38-26(32)36-18(4)9-2)23(15-21)39-27(33)37-19(5)10-3/h13-15,18-20H,8-12,16-17,29H2,1-7H3/t18-,19?,20?,28+/m0/s1. The van der Waals surface area contributed by atoms with Crippen molar-refractivity contribution in [3.8, 4) is 11.5 Å². The van der Waals surface area contributed by atoms with Gasteiger partial charge in [-0.15, -0.1) is 0 Å². The molecule has 220 valence electrons. The maximum Gasteiger partial charge on any atom is 0.514 e. The van der Waals surface area contributed by atoms with Gasteiger partial charge in [0.25, 0.3) is 0 Å². The zero-order chi connectivity index (χ0) is 29.6. The van der Waals surface area contributed by atoms with Gasteiger partial charge in [0.2, 0.25) is 0 Å². The fraction of sp³-hybridized carbons (Fsp3) is 0.643. The van der Waals surface area contributed by atoms with Crippen LogP contribution in [0, 0.1) is 0 Å². The smallest absolute Gasteiger partial charge is 0.468 e. The lowest BCUT2D eigenvalue weighted by Crippen LogP contribution is -2.53. The summed E-state index contributed by atoms with van der Waals surface area (Å²) in [5.74, 6) is -1.31.